The number of hydrogen-bond donors (Lipinski definition) is 2. The second kappa shape index (κ2) is 5.29. The quantitative estimate of drug-likeness (QED) is 0.737. The van der Waals surface area contributed by atoms with E-state index < -0.39 is 5.91 Å². The fourth-order valence-electron chi connectivity index (χ4n) is 1.40. The van der Waals surface area contributed by atoms with Crippen LogP contribution in [-0.4, -0.2) is 40.0 Å². The SMILES string of the molecule is CC(C)CN(CC(N)=O)C(=O)c1cn[nH]c1. The van der Waals surface area contributed by atoms with E-state index in [4.69, 9.17) is 5.73 Å². The number of aromatic amines is 1. The fourth-order valence-corrected chi connectivity index (χ4v) is 1.40. The monoisotopic (exact) mass is 224 g/mol. The maximum Gasteiger partial charge on any atom is 0.257 e. The summed E-state index contributed by atoms with van der Waals surface area (Å²) < 4.78 is 0. The number of carbonyl (C=O) groups is 2. The highest BCUT2D eigenvalue weighted by Gasteiger charge is 2.19. The van der Waals surface area contributed by atoms with Crippen LogP contribution in [0.5, 0.6) is 0 Å². The van der Waals surface area contributed by atoms with Crippen LogP contribution in [0.4, 0.5) is 0 Å². The largest absolute Gasteiger partial charge is 0.368 e. The Balaban J connectivity index is 2.75. The summed E-state index contributed by atoms with van der Waals surface area (Å²) in [6, 6.07) is 0. The van der Waals surface area contributed by atoms with Crippen LogP contribution in [0.2, 0.25) is 0 Å². The van der Waals surface area contributed by atoms with Gasteiger partial charge in [0, 0.05) is 12.7 Å². The van der Waals surface area contributed by atoms with Gasteiger partial charge in [-0.3, -0.25) is 14.7 Å². The molecule has 0 aliphatic heterocycles. The average Bonchev–Trinajstić information content (AvgIpc) is 2.66. The summed E-state index contributed by atoms with van der Waals surface area (Å²) in [6.45, 7) is 4.36. The molecule has 1 heterocycles. The second-order valence-electron chi connectivity index (χ2n) is 4.03. The minimum absolute atomic E-state index is 0.0673. The Hall–Kier alpha value is -1.85. The van der Waals surface area contributed by atoms with Gasteiger partial charge in [-0.2, -0.15) is 5.10 Å². The maximum atomic E-state index is 11.9. The van der Waals surface area contributed by atoms with Gasteiger partial charge in [-0.25, -0.2) is 0 Å². The lowest BCUT2D eigenvalue weighted by atomic mass is 10.2. The Labute approximate surface area is 93.8 Å². The lowest BCUT2D eigenvalue weighted by Crippen LogP contribution is -2.40. The first-order valence-corrected chi connectivity index (χ1v) is 5.07. The van der Waals surface area contributed by atoms with Crippen molar-refractivity contribution in [2.24, 2.45) is 11.7 Å². The molecular weight excluding hydrogens is 208 g/mol. The summed E-state index contributed by atoms with van der Waals surface area (Å²) in [7, 11) is 0. The van der Waals surface area contributed by atoms with E-state index >= 15 is 0 Å². The maximum absolute atomic E-state index is 11.9. The summed E-state index contributed by atoms with van der Waals surface area (Å²) in [5, 5.41) is 6.25. The average molecular weight is 224 g/mol. The molecule has 6 heteroatoms. The van der Waals surface area contributed by atoms with Crippen molar-refractivity contribution in [3.05, 3.63) is 18.0 Å². The molecule has 1 aromatic heterocycles. The number of rotatable bonds is 5. The zero-order valence-corrected chi connectivity index (χ0v) is 9.43. The van der Waals surface area contributed by atoms with Gasteiger partial charge in [0.15, 0.2) is 0 Å². The molecule has 0 fully saturated rings. The first kappa shape index (κ1) is 12.2. The van der Waals surface area contributed by atoms with Gasteiger partial charge in [0.1, 0.15) is 0 Å². The molecule has 1 aromatic rings. The Morgan fingerprint density at radius 2 is 2.25 bits per heavy atom. The fraction of sp³-hybridized carbons (Fsp3) is 0.500. The minimum Gasteiger partial charge on any atom is -0.368 e. The molecular formula is C10H16N4O2. The molecule has 0 radical (unpaired) electrons. The number of primary amides is 1. The third-order valence-corrected chi connectivity index (χ3v) is 1.96. The smallest absolute Gasteiger partial charge is 0.257 e. The Kier molecular flexibility index (Phi) is 4.04. The van der Waals surface area contributed by atoms with Crippen molar-refractivity contribution in [1.29, 1.82) is 0 Å². The highest BCUT2D eigenvalue weighted by molar-refractivity contribution is 5.95. The Bertz CT molecular complexity index is 359. The number of nitrogens with zero attached hydrogens (tertiary/aromatic N) is 2. The van der Waals surface area contributed by atoms with E-state index in [1.807, 2.05) is 13.8 Å². The van der Waals surface area contributed by atoms with Crippen LogP contribution in [0.15, 0.2) is 12.4 Å². The molecule has 0 aliphatic rings. The number of nitrogens with one attached hydrogen (secondary N) is 1. The molecule has 0 aromatic carbocycles. The van der Waals surface area contributed by atoms with Gasteiger partial charge in [-0.15, -0.1) is 0 Å². The van der Waals surface area contributed by atoms with E-state index in [0.717, 1.165) is 0 Å². The van der Waals surface area contributed by atoms with E-state index in [0.29, 0.717) is 12.1 Å². The Morgan fingerprint density at radius 1 is 1.56 bits per heavy atom. The standard InChI is InChI=1S/C10H16N4O2/c1-7(2)5-14(6-9(11)15)10(16)8-3-12-13-4-8/h3-4,7H,5-6H2,1-2H3,(H2,11,15)(H,12,13). The van der Waals surface area contributed by atoms with Gasteiger partial charge in [0.05, 0.1) is 18.3 Å². The third-order valence-electron chi connectivity index (χ3n) is 1.96. The van der Waals surface area contributed by atoms with Crippen molar-refractivity contribution in [2.75, 3.05) is 13.1 Å². The topological polar surface area (TPSA) is 92.1 Å². The van der Waals surface area contributed by atoms with Crippen molar-refractivity contribution >= 4 is 11.8 Å². The summed E-state index contributed by atoms with van der Waals surface area (Å²) in [5.74, 6) is -0.478. The molecule has 0 aliphatic carbocycles. The molecule has 2 amide bonds. The summed E-state index contributed by atoms with van der Waals surface area (Å²) in [6.07, 6.45) is 2.92. The molecule has 0 atom stereocenters. The molecule has 0 bridgehead atoms. The van der Waals surface area contributed by atoms with Gasteiger partial charge < -0.3 is 10.6 Å². The van der Waals surface area contributed by atoms with Crippen molar-refractivity contribution < 1.29 is 9.59 Å². The van der Waals surface area contributed by atoms with Crippen LogP contribution in [0.1, 0.15) is 24.2 Å². The number of nitrogens with two attached hydrogens (primary N) is 1. The molecule has 16 heavy (non-hydrogen) atoms. The van der Waals surface area contributed by atoms with Crippen molar-refractivity contribution in [3.63, 3.8) is 0 Å². The highest BCUT2D eigenvalue weighted by atomic mass is 16.2. The zero-order chi connectivity index (χ0) is 12.1. The minimum atomic E-state index is -0.516. The van der Waals surface area contributed by atoms with Crippen LogP contribution in [-0.2, 0) is 4.79 Å². The van der Waals surface area contributed by atoms with Gasteiger partial charge in [0.2, 0.25) is 5.91 Å². The molecule has 0 spiro atoms. The summed E-state index contributed by atoms with van der Waals surface area (Å²) >= 11 is 0. The number of hydrogen-bond acceptors (Lipinski definition) is 3. The molecule has 1 rings (SSSR count). The van der Waals surface area contributed by atoms with E-state index in [-0.39, 0.29) is 18.4 Å². The summed E-state index contributed by atoms with van der Waals surface area (Å²) in [4.78, 5) is 24.2. The van der Waals surface area contributed by atoms with E-state index in [9.17, 15) is 9.59 Å². The van der Waals surface area contributed by atoms with Crippen LogP contribution < -0.4 is 5.73 Å². The van der Waals surface area contributed by atoms with Crippen molar-refractivity contribution in [3.8, 4) is 0 Å². The molecule has 0 saturated carbocycles. The molecule has 0 saturated heterocycles. The van der Waals surface area contributed by atoms with Crippen LogP contribution >= 0.6 is 0 Å². The van der Waals surface area contributed by atoms with Crippen molar-refractivity contribution in [1.82, 2.24) is 15.1 Å². The number of amides is 2. The van der Waals surface area contributed by atoms with Gasteiger partial charge in [0.25, 0.3) is 5.91 Å². The first-order chi connectivity index (χ1) is 7.50. The second-order valence-corrected chi connectivity index (χ2v) is 4.03. The number of aromatic nitrogens is 2. The lowest BCUT2D eigenvalue weighted by Gasteiger charge is -2.22. The molecule has 88 valence electrons. The first-order valence-electron chi connectivity index (χ1n) is 5.07. The molecule has 3 N–H and O–H groups in total. The zero-order valence-electron chi connectivity index (χ0n) is 9.43. The van der Waals surface area contributed by atoms with E-state index in [1.54, 1.807) is 0 Å². The predicted molar refractivity (Wildman–Crippen MR) is 58.5 cm³/mol. The third kappa shape index (κ3) is 3.38. The van der Waals surface area contributed by atoms with Gasteiger partial charge in [-0.05, 0) is 5.92 Å². The summed E-state index contributed by atoms with van der Waals surface area (Å²) in [5.41, 5.74) is 5.54. The van der Waals surface area contributed by atoms with Crippen LogP contribution in [0, 0.1) is 5.92 Å². The molecule has 6 nitrogen and oxygen atoms in total. The number of carbonyl (C=O) groups excluding carboxylic acids is 2. The molecule has 0 unspecified atom stereocenters. The number of H-pyrrole nitrogens is 1. The highest BCUT2D eigenvalue weighted by Crippen LogP contribution is 2.05. The van der Waals surface area contributed by atoms with Crippen molar-refractivity contribution in [2.45, 2.75) is 13.8 Å². The van der Waals surface area contributed by atoms with E-state index in [2.05, 4.69) is 10.2 Å². The predicted octanol–water partition coefficient (Wildman–Crippen LogP) is -0.00680. The van der Waals surface area contributed by atoms with Gasteiger partial charge >= 0.3 is 0 Å². The van der Waals surface area contributed by atoms with E-state index in [1.165, 1.54) is 17.3 Å². The van der Waals surface area contributed by atoms with Gasteiger partial charge in [-0.1, -0.05) is 13.8 Å². The normalized spacial score (nSPS) is 10.4. The van der Waals surface area contributed by atoms with Crippen LogP contribution in [0.25, 0.3) is 0 Å². The Morgan fingerprint density at radius 3 is 2.69 bits per heavy atom. The van der Waals surface area contributed by atoms with Crippen LogP contribution in [0.3, 0.4) is 0 Å². The lowest BCUT2D eigenvalue weighted by molar-refractivity contribution is -0.118.